The molecule has 0 radical (unpaired) electrons. The van der Waals surface area contributed by atoms with Crippen molar-refractivity contribution in [2.24, 2.45) is 0 Å². The number of benzene rings is 2. The SMILES string of the molecule is CN(C)CCCNC(=S)Nc1ccc(/C=C/c2ccc(Cl)cc2)cc1. The highest BCUT2D eigenvalue weighted by molar-refractivity contribution is 7.80. The van der Waals surface area contributed by atoms with E-state index in [2.05, 4.69) is 53.9 Å². The largest absolute Gasteiger partial charge is 0.362 e. The zero-order chi connectivity index (χ0) is 18.1. The number of anilines is 1. The fourth-order valence-corrected chi connectivity index (χ4v) is 2.56. The molecular weight excluding hydrogens is 350 g/mol. The summed E-state index contributed by atoms with van der Waals surface area (Å²) in [7, 11) is 4.14. The van der Waals surface area contributed by atoms with E-state index in [1.54, 1.807) is 0 Å². The third kappa shape index (κ3) is 7.69. The van der Waals surface area contributed by atoms with Gasteiger partial charge < -0.3 is 15.5 Å². The molecule has 0 fully saturated rings. The molecule has 132 valence electrons. The third-order valence-electron chi connectivity index (χ3n) is 3.57. The quantitative estimate of drug-likeness (QED) is 0.416. The minimum absolute atomic E-state index is 0.656. The van der Waals surface area contributed by atoms with E-state index >= 15 is 0 Å². The number of thiocarbonyl (C=S) groups is 1. The molecule has 2 aromatic rings. The minimum atomic E-state index is 0.656. The van der Waals surface area contributed by atoms with E-state index in [0.717, 1.165) is 41.3 Å². The van der Waals surface area contributed by atoms with Gasteiger partial charge in [0.15, 0.2) is 5.11 Å². The summed E-state index contributed by atoms with van der Waals surface area (Å²) in [5, 5.41) is 7.83. The predicted molar refractivity (Wildman–Crippen MR) is 114 cm³/mol. The summed E-state index contributed by atoms with van der Waals surface area (Å²) in [6, 6.07) is 15.9. The van der Waals surface area contributed by atoms with Crippen molar-refractivity contribution in [3.63, 3.8) is 0 Å². The first kappa shape index (κ1) is 19.4. The second-order valence-electron chi connectivity index (χ2n) is 6.04. The van der Waals surface area contributed by atoms with Gasteiger partial charge in [-0.05, 0) is 74.7 Å². The van der Waals surface area contributed by atoms with Crippen molar-refractivity contribution in [3.05, 3.63) is 64.7 Å². The molecule has 2 aromatic carbocycles. The van der Waals surface area contributed by atoms with Crippen molar-refractivity contribution < 1.29 is 0 Å². The van der Waals surface area contributed by atoms with Gasteiger partial charge in [-0.25, -0.2) is 0 Å². The van der Waals surface area contributed by atoms with Crippen molar-refractivity contribution in [2.45, 2.75) is 6.42 Å². The van der Waals surface area contributed by atoms with Crippen LogP contribution in [-0.4, -0.2) is 37.2 Å². The summed E-state index contributed by atoms with van der Waals surface area (Å²) in [6.07, 6.45) is 5.20. The molecule has 2 rings (SSSR count). The Hall–Kier alpha value is -1.88. The normalized spacial score (nSPS) is 11.0. The fraction of sp³-hybridized carbons (Fsp3) is 0.250. The average Bonchev–Trinajstić information content (AvgIpc) is 2.59. The van der Waals surface area contributed by atoms with Crippen LogP contribution in [0.1, 0.15) is 17.5 Å². The van der Waals surface area contributed by atoms with E-state index in [0.29, 0.717) is 5.11 Å². The van der Waals surface area contributed by atoms with Gasteiger partial charge in [0.25, 0.3) is 0 Å². The predicted octanol–water partition coefficient (Wildman–Crippen LogP) is 4.75. The first-order valence-corrected chi connectivity index (χ1v) is 9.05. The highest BCUT2D eigenvalue weighted by Gasteiger charge is 1.98. The second kappa shape index (κ2) is 10.2. The van der Waals surface area contributed by atoms with Gasteiger partial charge >= 0.3 is 0 Å². The Morgan fingerprint density at radius 3 is 2.12 bits per heavy atom. The van der Waals surface area contributed by atoms with Crippen LogP contribution in [-0.2, 0) is 0 Å². The van der Waals surface area contributed by atoms with Crippen LogP contribution < -0.4 is 10.6 Å². The maximum absolute atomic E-state index is 5.89. The molecule has 0 saturated heterocycles. The van der Waals surface area contributed by atoms with Crippen LogP contribution in [0.15, 0.2) is 48.5 Å². The highest BCUT2D eigenvalue weighted by atomic mass is 35.5. The maximum Gasteiger partial charge on any atom is 0.170 e. The van der Waals surface area contributed by atoms with Gasteiger partial charge in [0.1, 0.15) is 0 Å². The van der Waals surface area contributed by atoms with Gasteiger partial charge in [-0.3, -0.25) is 0 Å². The monoisotopic (exact) mass is 373 g/mol. The molecule has 0 bridgehead atoms. The van der Waals surface area contributed by atoms with Crippen LogP contribution in [0.3, 0.4) is 0 Å². The molecule has 0 heterocycles. The molecule has 0 atom stereocenters. The molecule has 0 aliphatic heterocycles. The number of rotatable bonds is 7. The van der Waals surface area contributed by atoms with E-state index in [-0.39, 0.29) is 0 Å². The summed E-state index contributed by atoms with van der Waals surface area (Å²) < 4.78 is 0. The van der Waals surface area contributed by atoms with Crippen LogP contribution in [0.2, 0.25) is 5.02 Å². The van der Waals surface area contributed by atoms with Crippen LogP contribution in [0, 0.1) is 0 Å². The molecule has 0 unspecified atom stereocenters. The lowest BCUT2D eigenvalue weighted by atomic mass is 10.1. The summed E-state index contributed by atoms with van der Waals surface area (Å²) in [6.45, 7) is 1.91. The third-order valence-corrected chi connectivity index (χ3v) is 4.07. The van der Waals surface area contributed by atoms with Gasteiger partial charge in [0, 0.05) is 17.3 Å². The number of nitrogens with zero attached hydrogens (tertiary/aromatic N) is 1. The molecule has 5 heteroatoms. The maximum atomic E-state index is 5.89. The zero-order valence-electron chi connectivity index (χ0n) is 14.6. The van der Waals surface area contributed by atoms with E-state index in [1.165, 1.54) is 0 Å². The van der Waals surface area contributed by atoms with Crippen LogP contribution >= 0.6 is 23.8 Å². The van der Waals surface area contributed by atoms with Gasteiger partial charge in [0.2, 0.25) is 0 Å². The topological polar surface area (TPSA) is 27.3 Å². The Bertz CT molecular complexity index is 694. The molecule has 0 aliphatic carbocycles. The molecule has 0 amide bonds. The zero-order valence-corrected chi connectivity index (χ0v) is 16.2. The van der Waals surface area contributed by atoms with Crippen LogP contribution in [0.25, 0.3) is 12.2 Å². The van der Waals surface area contributed by atoms with Crippen molar-refractivity contribution in [1.29, 1.82) is 0 Å². The smallest absolute Gasteiger partial charge is 0.170 e. The summed E-state index contributed by atoms with van der Waals surface area (Å²) in [5.74, 6) is 0. The lowest BCUT2D eigenvalue weighted by Gasteiger charge is -2.12. The van der Waals surface area contributed by atoms with Gasteiger partial charge in [0.05, 0.1) is 0 Å². The number of nitrogens with one attached hydrogen (secondary N) is 2. The average molecular weight is 374 g/mol. The van der Waals surface area contributed by atoms with Crippen molar-refractivity contribution in [1.82, 2.24) is 10.2 Å². The lowest BCUT2D eigenvalue weighted by Crippen LogP contribution is -2.30. The van der Waals surface area contributed by atoms with E-state index in [9.17, 15) is 0 Å². The van der Waals surface area contributed by atoms with Gasteiger partial charge in [-0.2, -0.15) is 0 Å². The minimum Gasteiger partial charge on any atom is -0.362 e. The highest BCUT2D eigenvalue weighted by Crippen LogP contribution is 2.14. The van der Waals surface area contributed by atoms with E-state index in [1.807, 2.05) is 36.4 Å². The lowest BCUT2D eigenvalue weighted by molar-refractivity contribution is 0.400. The van der Waals surface area contributed by atoms with Crippen molar-refractivity contribution in [2.75, 3.05) is 32.5 Å². The Labute approximate surface area is 160 Å². The Morgan fingerprint density at radius 1 is 1.00 bits per heavy atom. The second-order valence-corrected chi connectivity index (χ2v) is 6.89. The summed E-state index contributed by atoms with van der Waals surface area (Å²) in [4.78, 5) is 2.16. The molecular formula is C20H24ClN3S. The summed E-state index contributed by atoms with van der Waals surface area (Å²) in [5.41, 5.74) is 3.23. The van der Waals surface area contributed by atoms with E-state index in [4.69, 9.17) is 23.8 Å². The molecule has 2 N–H and O–H groups in total. The molecule has 0 aliphatic rings. The molecule has 0 spiro atoms. The number of halogens is 1. The first-order valence-electron chi connectivity index (χ1n) is 8.26. The first-order chi connectivity index (χ1) is 12.0. The number of hydrogen-bond donors (Lipinski definition) is 2. The molecule has 0 aromatic heterocycles. The van der Waals surface area contributed by atoms with Gasteiger partial charge in [-0.1, -0.05) is 48.0 Å². The molecule has 0 saturated carbocycles. The molecule has 3 nitrogen and oxygen atoms in total. The standard InChI is InChI=1S/C20H24ClN3S/c1-24(2)15-3-14-22-20(25)23-19-12-8-17(9-13-19)5-4-16-6-10-18(21)11-7-16/h4-13H,3,14-15H2,1-2H3,(H2,22,23,25)/b5-4+. The van der Waals surface area contributed by atoms with Crippen LogP contribution in [0.4, 0.5) is 5.69 Å². The fourth-order valence-electron chi connectivity index (χ4n) is 2.22. The Balaban J connectivity index is 1.81. The van der Waals surface area contributed by atoms with Crippen LogP contribution in [0.5, 0.6) is 0 Å². The van der Waals surface area contributed by atoms with Crippen molar-refractivity contribution in [3.8, 4) is 0 Å². The Kier molecular flexibility index (Phi) is 7.92. The van der Waals surface area contributed by atoms with Gasteiger partial charge in [-0.15, -0.1) is 0 Å². The number of hydrogen-bond acceptors (Lipinski definition) is 2. The Morgan fingerprint density at radius 2 is 1.56 bits per heavy atom. The summed E-state index contributed by atoms with van der Waals surface area (Å²) >= 11 is 11.2. The molecule has 25 heavy (non-hydrogen) atoms. The van der Waals surface area contributed by atoms with Crippen molar-refractivity contribution >= 4 is 46.8 Å². The van der Waals surface area contributed by atoms with E-state index < -0.39 is 0 Å².